The van der Waals surface area contributed by atoms with Gasteiger partial charge in [-0.1, -0.05) is 11.3 Å². The van der Waals surface area contributed by atoms with Gasteiger partial charge < -0.3 is 26.4 Å². The lowest BCUT2D eigenvalue weighted by molar-refractivity contribution is -0.689. The zero-order chi connectivity index (χ0) is 21.0. The van der Waals surface area contributed by atoms with E-state index in [9.17, 15) is 10.2 Å². The molecule has 0 unspecified atom stereocenters. The molecule has 9 nitrogen and oxygen atoms in total. The predicted molar refractivity (Wildman–Crippen MR) is 108 cm³/mol. The van der Waals surface area contributed by atoms with Gasteiger partial charge >= 0.3 is 0 Å². The van der Waals surface area contributed by atoms with Gasteiger partial charge in [0.05, 0.1) is 23.7 Å². The lowest BCUT2D eigenvalue weighted by Crippen LogP contribution is -2.35. The maximum absolute atomic E-state index is 10.3. The minimum Gasteiger partial charge on any atom is -0.503 e. The van der Waals surface area contributed by atoms with Crippen LogP contribution in [0.1, 0.15) is 33.1 Å². The van der Waals surface area contributed by atoms with E-state index in [1.165, 1.54) is 6.20 Å². The van der Waals surface area contributed by atoms with E-state index in [2.05, 4.69) is 19.5 Å². The summed E-state index contributed by atoms with van der Waals surface area (Å²) in [5.41, 5.74) is 16.6. The van der Waals surface area contributed by atoms with E-state index in [1.54, 1.807) is 17.5 Å². The summed E-state index contributed by atoms with van der Waals surface area (Å²) in [5.74, 6) is 1.14. The molecule has 0 aliphatic heterocycles. The highest BCUT2D eigenvalue weighted by molar-refractivity contribution is 7.09. The molecule has 0 bridgehead atoms. The van der Waals surface area contributed by atoms with Gasteiger partial charge in [-0.3, -0.25) is 0 Å². The number of aliphatic hydroxyl groups excluding tert-OH is 1. The van der Waals surface area contributed by atoms with Gasteiger partial charge in [0.25, 0.3) is 5.88 Å². The fourth-order valence-corrected chi connectivity index (χ4v) is 3.91. The summed E-state index contributed by atoms with van der Waals surface area (Å²) >= 11 is 1.62. The molecule has 154 valence electrons. The number of hydrogen-bond acceptors (Lipinski definition) is 9. The van der Waals surface area contributed by atoms with Crippen LogP contribution in [0.15, 0.2) is 17.9 Å². The molecule has 0 saturated heterocycles. The molecule has 6 N–H and O–H groups in total. The van der Waals surface area contributed by atoms with E-state index in [-0.39, 0.29) is 24.8 Å². The van der Waals surface area contributed by atoms with Gasteiger partial charge in [0, 0.05) is 43.4 Å². The number of aliphatic hydroxyl groups is 1. The summed E-state index contributed by atoms with van der Waals surface area (Å²) in [6, 6.07) is 0. The molecule has 0 atom stereocenters. The number of pyridine rings is 1. The van der Waals surface area contributed by atoms with Crippen LogP contribution in [0.4, 0.5) is 5.82 Å². The van der Waals surface area contributed by atoms with Gasteiger partial charge in [0.1, 0.15) is 11.6 Å². The van der Waals surface area contributed by atoms with Crippen molar-refractivity contribution in [2.75, 3.05) is 12.3 Å². The van der Waals surface area contributed by atoms with E-state index in [1.807, 2.05) is 19.4 Å². The van der Waals surface area contributed by atoms with E-state index in [4.69, 9.17) is 16.2 Å². The van der Waals surface area contributed by atoms with Crippen molar-refractivity contribution in [1.29, 1.82) is 0 Å². The van der Waals surface area contributed by atoms with E-state index >= 15 is 0 Å². The van der Waals surface area contributed by atoms with Crippen LogP contribution in [0.2, 0.25) is 0 Å². The number of nitrogen functional groups attached to an aromatic ring is 1. The van der Waals surface area contributed by atoms with Crippen molar-refractivity contribution in [2.24, 2.45) is 5.73 Å². The molecular formula is C19H25N6O3S+. The van der Waals surface area contributed by atoms with Gasteiger partial charge in [0.15, 0.2) is 18.0 Å². The first-order chi connectivity index (χ1) is 13.9. The Bertz CT molecular complexity index is 1010. The van der Waals surface area contributed by atoms with Gasteiger partial charge in [-0.25, -0.2) is 15.0 Å². The summed E-state index contributed by atoms with van der Waals surface area (Å²) in [6.07, 6.45) is 3.88. The summed E-state index contributed by atoms with van der Waals surface area (Å²) in [4.78, 5) is 13.6. The Kier molecular flexibility index (Phi) is 6.57. The molecule has 29 heavy (non-hydrogen) atoms. The Labute approximate surface area is 172 Å². The Balaban J connectivity index is 1.65. The van der Waals surface area contributed by atoms with Crippen molar-refractivity contribution in [3.8, 4) is 11.6 Å². The molecule has 0 aromatic carbocycles. The first kappa shape index (κ1) is 20.9. The molecule has 10 heteroatoms. The largest absolute Gasteiger partial charge is 0.503 e. The molecule has 0 saturated carbocycles. The molecule has 0 aliphatic carbocycles. The Morgan fingerprint density at radius 1 is 1.21 bits per heavy atom. The molecule has 0 aliphatic rings. The number of nitrogens with two attached hydrogens (primary N) is 2. The monoisotopic (exact) mass is 417 g/mol. The number of aromatic hydroxyl groups is 1. The van der Waals surface area contributed by atoms with Crippen LogP contribution in [-0.4, -0.2) is 31.8 Å². The van der Waals surface area contributed by atoms with Crippen molar-refractivity contribution in [2.45, 2.75) is 40.0 Å². The Morgan fingerprint density at radius 2 is 1.97 bits per heavy atom. The summed E-state index contributed by atoms with van der Waals surface area (Å²) in [6.45, 7) is 4.65. The maximum atomic E-state index is 10.3. The van der Waals surface area contributed by atoms with Crippen molar-refractivity contribution in [3.05, 3.63) is 51.0 Å². The maximum Gasteiger partial charge on any atom is 0.257 e. The standard InChI is InChI=1S/C19H24N6O3S/c1-11-16(29-10-25(11)8-13-6-22-12(2)24-18(13)21)3-4-28-19-17(27)15(5-20)14(9-26)7-23-19/h6-7,10,26H,3-5,8-9,20H2,1-2H3,(H2-,21,22,24,27)/p+1. The van der Waals surface area contributed by atoms with Crippen LogP contribution in [0.5, 0.6) is 11.6 Å². The van der Waals surface area contributed by atoms with Crippen LogP contribution in [0, 0.1) is 13.8 Å². The van der Waals surface area contributed by atoms with Gasteiger partial charge in [-0.05, 0) is 6.92 Å². The highest BCUT2D eigenvalue weighted by Crippen LogP contribution is 2.30. The number of aromatic nitrogens is 4. The number of aryl methyl sites for hydroxylation is 1. The second-order valence-corrected chi connectivity index (χ2v) is 7.50. The normalized spacial score (nSPS) is 11.0. The topological polar surface area (TPSA) is 144 Å². The third-order valence-electron chi connectivity index (χ3n) is 4.67. The van der Waals surface area contributed by atoms with Crippen molar-refractivity contribution in [1.82, 2.24) is 15.0 Å². The molecule has 3 heterocycles. The lowest BCUT2D eigenvalue weighted by atomic mass is 10.1. The number of hydrogen-bond donors (Lipinski definition) is 4. The second kappa shape index (κ2) is 9.12. The fourth-order valence-electron chi connectivity index (χ4n) is 2.93. The van der Waals surface area contributed by atoms with Crippen molar-refractivity contribution >= 4 is 17.2 Å². The van der Waals surface area contributed by atoms with Crippen molar-refractivity contribution < 1.29 is 19.5 Å². The molecular weight excluding hydrogens is 392 g/mol. The molecule has 0 fully saturated rings. The molecule has 3 aromatic rings. The van der Waals surface area contributed by atoms with Crippen LogP contribution in [0.25, 0.3) is 0 Å². The van der Waals surface area contributed by atoms with Crippen LogP contribution in [0.3, 0.4) is 0 Å². The number of ether oxygens (including phenoxy) is 1. The van der Waals surface area contributed by atoms with E-state index in [0.29, 0.717) is 42.3 Å². The van der Waals surface area contributed by atoms with Crippen LogP contribution in [-0.2, 0) is 26.1 Å². The molecule has 3 aromatic heterocycles. The zero-order valence-corrected chi connectivity index (χ0v) is 17.2. The minimum atomic E-state index is -0.238. The van der Waals surface area contributed by atoms with E-state index < -0.39 is 0 Å². The third-order valence-corrected chi connectivity index (χ3v) is 5.82. The number of rotatable bonds is 8. The SMILES string of the molecule is Cc1ncc(C[n+]2csc(CCOc3ncc(CO)c(CN)c3O)c2C)c(N)n1. The smallest absolute Gasteiger partial charge is 0.257 e. The third kappa shape index (κ3) is 4.61. The minimum absolute atomic E-state index is 0.0937. The summed E-state index contributed by atoms with van der Waals surface area (Å²) < 4.78 is 7.76. The quantitative estimate of drug-likeness (QED) is 0.393. The number of anilines is 1. The Hall–Kier alpha value is -2.82. The Morgan fingerprint density at radius 3 is 2.66 bits per heavy atom. The zero-order valence-electron chi connectivity index (χ0n) is 16.4. The van der Waals surface area contributed by atoms with Gasteiger partial charge in [-0.15, -0.1) is 0 Å². The summed E-state index contributed by atoms with van der Waals surface area (Å²) in [7, 11) is 0. The first-order valence-electron chi connectivity index (χ1n) is 9.12. The van der Waals surface area contributed by atoms with Crippen LogP contribution < -0.4 is 20.8 Å². The van der Waals surface area contributed by atoms with E-state index in [0.717, 1.165) is 16.1 Å². The predicted octanol–water partition coefficient (Wildman–Crippen LogP) is 0.746. The summed E-state index contributed by atoms with van der Waals surface area (Å²) in [5, 5.41) is 19.6. The van der Waals surface area contributed by atoms with Gasteiger partial charge in [-0.2, -0.15) is 4.57 Å². The average molecular weight is 418 g/mol. The number of thiazole rings is 1. The molecule has 0 radical (unpaired) electrons. The van der Waals surface area contributed by atoms with Crippen LogP contribution >= 0.6 is 11.3 Å². The molecule has 0 spiro atoms. The average Bonchev–Trinajstić information content (AvgIpc) is 3.04. The fraction of sp³-hybridized carbons (Fsp3) is 0.368. The van der Waals surface area contributed by atoms with Crippen molar-refractivity contribution in [3.63, 3.8) is 0 Å². The molecule has 0 amide bonds. The van der Waals surface area contributed by atoms with Gasteiger partial charge in [0.2, 0.25) is 5.51 Å². The first-order valence-corrected chi connectivity index (χ1v) is 10.00. The highest BCUT2D eigenvalue weighted by atomic mass is 32.1. The molecule has 3 rings (SSSR count). The lowest BCUT2D eigenvalue weighted by Gasteiger charge is -2.12. The highest BCUT2D eigenvalue weighted by Gasteiger charge is 2.19. The second-order valence-electron chi connectivity index (χ2n) is 6.56. The number of nitrogens with zero attached hydrogens (tertiary/aromatic N) is 4.